The monoisotopic (exact) mass is 346 g/mol. The van der Waals surface area contributed by atoms with Gasteiger partial charge in [0.05, 0.1) is 16.9 Å². The van der Waals surface area contributed by atoms with Crippen LogP contribution in [0.15, 0.2) is 72.8 Å². The summed E-state index contributed by atoms with van der Waals surface area (Å²) in [7, 11) is 0. The van der Waals surface area contributed by atoms with Crippen molar-refractivity contribution in [2.45, 2.75) is 6.61 Å². The Labute approximate surface area is 151 Å². The first-order chi connectivity index (χ1) is 12.6. The van der Waals surface area contributed by atoms with Gasteiger partial charge in [-0.3, -0.25) is 4.79 Å². The van der Waals surface area contributed by atoms with Gasteiger partial charge in [0.1, 0.15) is 6.61 Å². The van der Waals surface area contributed by atoms with Crippen LogP contribution in [0.1, 0.15) is 31.8 Å². The van der Waals surface area contributed by atoms with E-state index in [-0.39, 0.29) is 23.5 Å². The maximum absolute atomic E-state index is 12.8. The van der Waals surface area contributed by atoms with Gasteiger partial charge in [-0.15, -0.1) is 0 Å². The van der Waals surface area contributed by atoms with Crippen molar-refractivity contribution in [3.8, 4) is 0 Å². The molecule has 5 nitrogen and oxygen atoms in total. The summed E-state index contributed by atoms with van der Waals surface area (Å²) in [6.07, 6.45) is 0. The lowest BCUT2D eigenvalue weighted by atomic mass is 9.98. The van der Waals surface area contributed by atoms with E-state index in [1.165, 1.54) is 6.07 Å². The molecule has 0 atom stereocenters. The minimum absolute atomic E-state index is 0.136. The number of hydrogen-bond acceptors (Lipinski definition) is 5. The average Bonchev–Trinajstić information content (AvgIpc) is 2.68. The van der Waals surface area contributed by atoms with Crippen LogP contribution in [0.4, 0.5) is 11.4 Å². The maximum Gasteiger partial charge on any atom is 0.339 e. The van der Waals surface area contributed by atoms with E-state index in [4.69, 9.17) is 16.2 Å². The van der Waals surface area contributed by atoms with Crippen LogP contribution >= 0.6 is 0 Å². The Morgan fingerprint density at radius 2 is 1.42 bits per heavy atom. The quantitative estimate of drug-likeness (QED) is 0.419. The molecule has 3 rings (SSSR count). The molecular weight excluding hydrogens is 328 g/mol. The second-order valence-corrected chi connectivity index (χ2v) is 5.78. The number of carbonyl (C=O) groups excluding carboxylic acids is 2. The molecule has 0 saturated heterocycles. The molecule has 0 fully saturated rings. The van der Waals surface area contributed by atoms with Crippen LogP contribution in [0, 0.1) is 0 Å². The summed E-state index contributed by atoms with van der Waals surface area (Å²) in [6, 6.07) is 20.5. The van der Waals surface area contributed by atoms with Crippen molar-refractivity contribution in [2.24, 2.45) is 0 Å². The van der Waals surface area contributed by atoms with Gasteiger partial charge >= 0.3 is 5.97 Å². The van der Waals surface area contributed by atoms with E-state index in [0.717, 1.165) is 5.56 Å². The van der Waals surface area contributed by atoms with Crippen molar-refractivity contribution in [3.63, 3.8) is 0 Å². The van der Waals surface area contributed by atoms with E-state index in [2.05, 4.69) is 0 Å². The predicted molar refractivity (Wildman–Crippen MR) is 101 cm³/mol. The molecule has 0 radical (unpaired) electrons. The highest BCUT2D eigenvalue weighted by molar-refractivity contribution is 6.15. The normalized spacial score (nSPS) is 10.3. The van der Waals surface area contributed by atoms with Crippen molar-refractivity contribution in [3.05, 3.63) is 95.1 Å². The Bertz CT molecular complexity index is 952. The van der Waals surface area contributed by atoms with Crippen LogP contribution in [0.2, 0.25) is 0 Å². The summed E-state index contributed by atoms with van der Waals surface area (Å²) < 4.78 is 5.35. The van der Waals surface area contributed by atoms with Crippen molar-refractivity contribution in [1.29, 1.82) is 0 Å². The molecule has 0 saturated carbocycles. The first-order valence-corrected chi connectivity index (χ1v) is 8.06. The van der Waals surface area contributed by atoms with Crippen LogP contribution in [-0.2, 0) is 11.3 Å². The summed E-state index contributed by atoms with van der Waals surface area (Å²) in [5, 5.41) is 0. The molecule has 0 unspecified atom stereocenters. The van der Waals surface area contributed by atoms with Crippen LogP contribution in [0.3, 0.4) is 0 Å². The van der Waals surface area contributed by atoms with Gasteiger partial charge in [0.2, 0.25) is 0 Å². The summed E-state index contributed by atoms with van der Waals surface area (Å²) in [5.41, 5.74) is 13.9. The third-order valence-corrected chi connectivity index (χ3v) is 3.95. The fourth-order valence-corrected chi connectivity index (χ4v) is 2.53. The molecule has 130 valence electrons. The first kappa shape index (κ1) is 17.2. The first-order valence-electron chi connectivity index (χ1n) is 8.06. The molecule has 0 aliphatic rings. The number of benzene rings is 3. The summed E-state index contributed by atoms with van der Waals surface area (Å²) in [4.78, 5) is 25.3. The van der Waals surface area contributed by atoms with Gasteiger partial charge in [-0.25, -0.2) is 4.79 Å². The number of hydrogen-bond donors (Lipinski definition) is 2. The van der Waals surface area contributed by atoms with Gasteiger partial charge in [-0.2, -0.15) is 0 Å². The minimum atomic E-state index is -0.554. The molecule has 0 aliphatic carbocycles. The van der Waals surface area contributed by atoms with Crippen LogP contribution < -0.4 is 11.5 Å². The highest BCUT2D eigenvalue weighted by Crippen LogP contribution is 2.21. The fourth-order valence-electron chi connectivity index (χ4n) is 2.53. The van der Waals surface area contributed by atoms with Crippen LogP contribution in [0.5, 0.6) is 0 Å². The second-order valence-electron chi connectivity index (χ2n) is 5.78. The molecule has 4 N–H and O–H groups in total. The molecule has 0 aromatic heterocycles. The molecule has 0 spiro atoms. The number of anilines is 2. The summed E-state index contributed by atoms with van der Waals surface area (Å²) in [5.74, 6) is -0.870. The fraction of sp³-hybridized carbons (Fsp3) is 0.0476. The van der Waals surface area contributed by atoms with Crippen molar-refractivity contribution >= 4 is 23.1 Å². The lowest BCUT2D eigenvalue weighted by Crippen LogP contribution is -2.13. The zero-order valence-electron chi connectivity index (χ0n) is 14.0. The van der Waals surface area contributed by atoms with Gasteiger partial charge in [-0.1, -0.05) is 48.5 Å². The Kier molecular flexibility index (Phi) is 4.99. The summed E-state index contributed by atoms with van der Waals surface area (Å²) >= 11 is 0. The predicted octanol–water partition coefficient (Wildman–Crippen LogP) is 3.44. The summed E-state index contributed by atoms with van der Waals surface area (Å²) in [6.45, 7) is 0.136. The standard InChI is InChI=1S/C21H18N2O3/c22-18-11-10-15(12-19(18)23)20(24)16-8-4-5-9-17(16)21(25)26-13-14-6-2-1-3-7-14/h1-12H,13,22-23H2. The zero-order chi connectivity index (χ0) is 18.5. The number of ketones is 1. The molecule has 3 aromatic carbocycles. The van der Waals surface area contributed by atoms with E-state index in [1.807, 2.05) is 30.3 Å². The van der Waals surface area contributed by atoms with Crippen molar-refractivity contribution in [1.82, 2.24) is 0 Å². The number of rotatable bonds is 5. The van der Waals surface area contributed by atoms with Gasteiger partial charge in [0.15, 0.2) is 5.78 Å². The zero-order valence-corrected chi connectivity index (χ0v) is 14.0. The highest BCUT2D eigenvalue weighted by atomic mass is 16.5. The van der Waals surface area contributed by atoms with E-state index in [1.54, 1.807) is 36.4 Å². The van der Waals surface area contributed by atoms with E-state index >= 15 is 0 Å². The van der Waals surface area contributed by atoms with Gasteiger partial charge < -0.3 is 16.2 Å². The Hall–Kier alpha value is -3.60. The molecule has 0 bridgehead atoms. The van der Waals surface area contributed by atoms with E-state index in [0.29, 0.717) is 16.9 Å². The smallest absolute Gasteiger partial charge is 0.339 e. The molecular formula is C21H18N2O3. The Balaban J connectivity index is 1.84. The van der Waals surface area contributed by atoms with Crippen LogP contribution in [-0.4, -0.2) is 11.8 Å². The SMILES string of the molecule is Nc1ccc(C(=O)c2ccccc2C(=O)OCc2ccccc2)cc1N. The molecule has 0 aliphatic heterocycles. The number of carbonyl (C=O) groups is 2. The van der Waals surface area contributed by atoms with Crippen molar-refractivity contribution in [2.75, 3.05) is 11.5 Å². The number of nitrogens with two attached hydrogens (primary N) is 2. The molecule has 3 aromatic rings. The highest BCUT2D eigenvalue weighted by Gasteiger charge is 2.19. The number of nitrogen functional groups attached to an aromatic ring is 2. The average molecular weight is 346 g/mol. The lowest BCUT2D eigenvalue weighted by Gasteiger charge is -2.10. The van der Waals surface area contributed by atoms with E-state index in [9.17, 15) is 9.59 Å². The molecule has 0 amide bonds. The lowest BCUT2D eigenvalue weighted by molar-refractivity contribution is 0.0470. The molecule has 0 heterocycles. The minimum Gasteiger partial charge on any atom is -0.457 e. The van der Waals surface area contributed by atoms with Crippen molar-refractivity contribution < 1.29 is 14.3 Å². The van der Waals surface area contributed by atoms with Gasteiger partial charge in [0.25, 0.3) is 0 Å². The largest absolute Gasteiger partial charge is 0.457 e. The third kappa shape index (κ3) is 3.72. The topological polar surface area (TPSA) is 95.4 Å². The van der Waals surface area contributed by atoms with Gasteiger partial charge in [-0.05, 0) is 29.8 Å². The van der Waals surface area contributed by atoms with E-state index < -0.39 is 5.97 Å². The second kappa shape index (κ2) is 7.53. The maximum atomic E-state index is 12.8. The van der Waals surface area contributed by atoms with Gasteiger partial charge in [0, 0.05) is 11.1 Å². The van der Waals surface area contributed by atoms with Crippen LogP contribution in [0.25, 0.3) is 0 Å². The Morgan fingerprint density at radius 1 is 0.769 bits per heavy atom. The molecule has 26 heavy (non-hydrogen) atoms. The number of ether oxygens (including phenoxy) is 1. The molecule has 5 heteroatoms. The third-order valence-electron chi connectivity index (χ3n) is 3.95. The number of esters is 1. The Morgan fingerprint density at radius 3 is 2.12 bits per heavy atom.